The van der Waals surface area contributed by atoms with E-state index in [-0.39, 0.29) is 17.5 Å². The van der Waals surface area contributed by atoms with Gasteiger partial charge in [0.25, 0.3) is 0 Å². The van der Waals surface area contributed by atoms with Crippen LogP contribution in [0, 0.1) is 5.82 Å². The fraction of sp³-hybridized carbons (Fsp3) is 0.0870. The van der Waals surface area contributed by atoms with Gasteiger partial charge in [-0.1, -0.05) is 30.0 Å². The van der Waals surface area contributed by atoms with Gasteiger partial charge < -0.3 is 14.6 Å². The van der Waals surface area contributed by atoms with E-state index < -0.39 is 0 Å². The van der Waals surface area contributed by atoms with Crippen LogP contribution in [0.4, 0.5) is 10.1 Å². The molecule has 0 atom stereocenters. The third-order valence-electron chi connectivity index (χ3n) is 4.39. The van der Waals surface area contributed by atoms with Crippen LogP contribution in [0.2, 0.25) is 0 Å². The first-order valence-corrected chi connectivity index (χ1v) is 10.5. The van der Waals surface area contributed by atoms with E-state index in [1.807, 2.05) is 37.4 Å². The second-order valence-corrected chi connectivity index (χ2v) is 7.59. The second-order valence-electron chi connectivity index (χ2n) is 6.65. The molecule has 0 aliphatic rings. The van der Waals surface area contributed by atoms with Crippen molar-refractivity contribution in [3.63, 3.8) is 0 Å². The Bertz CT molecular complexity index is 1160. The van der Waals surface area contributed by atoms with Crippen molar-refractivity contribution in [1.82, 2.24) is 14.8 Å². The van der Waals surface area contributed by atoms with Crippen LogP contribution in [0.3, 0.4) is 0 Å². The summed E-state index contributed by atoms with van der Waals surface area (Å²) >= 11 is 1.28. The Morgan fingerprint density at radius 1 is 0.968 bits per heavy atom. The summed E-state index contributed by atoms with van der Waals surface area (Å²) in [6, 6.07) is 22.7. The Hall–Kier alpha value is -3.65. The summed E-state index contributed by atoms with van der Waals surface area (Å²) in [6.07, 6.45) is 0. The minimum Gasteiger partial charge on any atom is -0.457 e. The maximum atomic E-state index is 13.1. The van der Waals surface area contributed by atoms with Crippen LogP contribution in [0.25, 0.3) is 11.4 Å². The van der Waals surface area contributed by atoms with Crippen molar-refractivity contribution in [2.45, 2.75) is 5.16 Å². The third-order valence-corrected chi connectivity index (χ3v) is 5.41. The van der Waals surface area contributed by atoms with Crippen LogP contribution in [0.1, 0.15) is 0 Å². The zero-order valence-electron chi connectivity index (χ0n) is 16.7. The molecule has 1 amide bonds. The number of carbonyl (C=O) groups is 1. The molecule has 0 bridgehead atoms. The summed E-state index contributed by atoms with van der Waals surface area (Å²) in [7, 11) is 1.81. The molecule has 0 radical (unpaired) electrons. The molecule has 4 rings (SSSR count). The highest BCUT2D eigenvalue weighted by Crippen LogP contribution is 2.24. The minimum absolute atomic E-state index is 0.159. The maximum Gasteiger partial charge on any atom is 0.234 e. The number of thioether (sulfide) groups is 1. The van der Waals surface area contributed by atoms with Crippen molar-refractivity contribution in [2.75, 3.05) is 11.1 Å². The van der Waals surface area contributed by atoms with Crippen molar-refractivity contribution >= 4 is 23.4 Å². The van der Waals surface area contributed by atoms with Crippen molar-refractivity contribution < 1.29 is 13.9 Å². The summed E-state index contributed by atoms with van der Waals surface area (Å²) in [5.41, 5.74) is 1.43. The van der Waals surface area contributed by atoms with Gasteiger partial charge in [-0.2, -0.15) is 0 Å². The summed E-state index contributed by atoms with van der Waals surface area (Å²) in [5.74, 6) is 1.75. The van der Waals surface area contributed by atoms with Crippen LogP contribution in [-0.4, -0.2) is 26.4 Å². The summed E-state index contributed by atoms with van der Waals surface area (Å²) in [4.78, 5) is 12.3. The Labute approximate surface area is 183 Å². The molecule has 0 aliphatic carbocycles. The standard InChI is InChI=1S/C23H19FN4O2S/c1-28-22(16-7-9-17(24)10-8-16)26-27-23(28)31-15-21(29)25-18-11-13-20(14-12-18)30-19-5-3-2-4-6-19/h2-14H,15H2,1H3,(H,25,29). The maximum absolute atomic E-state index is 13.1. The number of hydrogen-bond donors (Lipinski definition) is 1. The van der Waals surface area contributed by atoms with Gasteiger partial charge in [0.05, 0.1) is 5.75 Å². The van der Waals surface area contributed by atoms with E-state index in [4.69, 9.17) is 4.74 Å². The van der Waals surface area contributed by atoms with Gasteiger partial charge in [0, 0.05) is 18.3 Å². The molecule has 3 aromatic carbocycles. The monoisotopic (exact) mass is 434 g/mol. The van der Waals surface area contributed by atoms with Crippen LogP contribution in [-0.2, 0) is 11.8 Å². The number of hydrogen-bond acceptors (Lipinski definition) is 5. The van der Waals surface area contributed by atoms with Gasteiger partial charge >= 0.3 is 0 Å². The molecular formula is C23H19FN4O2S. The molecule has 1 N–H and O–H groups in total. The van der Waals surface area contributed by atoms with E-state index in [1.165, 1.54) is 23.9 Å². The summed E-state index contributed by atoms with van der Waals surface area (Å²) in [6.45, 7) is 0. The number of amides is 1. The quantitative estimate of drug-likeness (QED) is 0.408. The molecule has 8 heteroatoms. The van der Waals surface area contributed by atoms with Crippen LogP contribution >= 0.6 is 11.8 Å². The van der Waals surface area contributed by atoms with Gasteiger partial charge in [-0.3, -0.25) is 4.79 Å². The number of nitrogens with zero attached hydrogens (tertiary/aromatic N) is 3. The van der Waals surface area contributed by atoms with Crippen LogP contribution < -0.4 is 10.1 Å². The number of benzene rings is 3. The molecule has 0 fully saturated rings. The highest BCUT2D eigenvalue weighted by Gasteiger charge is 2.13. The first kappa shape index (κ1) is 20.6. The van der Waals surface area contributed by atoms with Gasteiger partial charge in [-0.25, -0.2) is 4.39 Å². The fourth-order valence-electron chi connectivity index (χ4n) is 2.85. The Kier molecular flexibility index (Phi) is 6.28. The van der Waals surface area contributed by atoms with E-state index in [9.17, 15) is 9.18 Å². The Morgan fingerprint density at radius 2 is 1.65 bits per heavy atom. The lowest BCUT2D eigenvalue weighted by Gasteiger charge is -2.08. The van der Waals surface area contributed by atoms with Crippen LogP contribution in [0.5, 0.6) is 11.5 Å². The average Bonchev–Trinajstić information content (AvgIpc) is 3.15. The largest absolute Gasteiger partial charge is 0.457 e. The third kappa shape index (κ3) is 5.29. The van der Waals surface area contributed by atoms with E-state index >= 15 is 0 Å². The fourth-order valence-corrected chi connectivity index (χ4v) is 3.56. The molecule has 156 valence electrons. The SMILES string of the molecule is Cn1c(SCC(=O)Nc2ccc(Oc3ccccc3)cc2)nnc1-c1ccc(F)cc1. The smallest absolute Gasteiger partial charge is 0.234 e. The van der Waals surface area contributed by atoms with Gasteiger partial charge in [-0.15, -0.1) is 10.2 Å². The second kappa shape index (κ2) is 9.44. The Morgan fingerprint density at radius 3 is 2.35 bits per heavy atom. The van der Waals surface area contributed by atoms with E-state index in [0.717, 1.165) is 11.3 Å². The normalized spacial score (nSPS) is 10.6. The summed E-state index contributed by atoms with van der Waals surface area (Å²) in [5, 5.41) is 11.7. The van der Waals surface area contributed by atoms with Crippen molar-refractivity contribution in [3.05, 3.63) is 84.7 Å². The van der Waals surface area contributed by atoms with Crippen molar-refractivity contribution in [3.8, 4) is 22.9 Å². The zero-order chi connectivity index (χ0) is 21.6. The first-order valence-electron chi connectivity index (χ1n) is 9.49. The van der Waals surface area contributed by atoms with Gasteiger partial charge in [0.2, 0.25) is 5.91 Å². The van der Waals surface area contributed by atoms with E-state index in [0.29, 0.717) is 22.4 Å². The number of nitrogens with one attached hydrogen (secondary N) is 1. The van der Waals surface area contributed by atoms with Crippen LogP contribution in [0.15, 0.2) is 84.0 Å². The number of halogens is 1. The highest BCUT2D eigenvalue weighted by molar-refractivity contribution is 7.99. The molecule has 0 unspecified atom stereocenters. The number of para-hydroxylation sites is 1. The number of carbonyl (C=O) groups excluding carboxylic acids is 1. The molecule has 31 heavy (non-hydrogen) atoms. The molecule has 0 aliphatic heterocycles. The minimum atomic E-state index is -0.308. The molecule has 0 spiro atoms. The molecule has 0 saturated carbocycles. The average molecular weight is 434 g/mol. The lowest BCUT2D eigenvalue weighted by atomic mass is 10.2. The number of ether oxygens (including phenoxy) is 1. The molecule has 1 heterocycles. The van der Waals surface area contributed by atoms with Crippen molar-refractivity contribution in [2.24, 2.45) is 7.05 Å². The molecule has 0 saturated heterocycles. The molecule has 1 aromatic heterocycles. The number of anilines is 1. The van der Waals surface area contributed by atoms with Gasteiger partial charge in [-0.05, 0) is 60.7 Å². The lowest BCUT2D eigenvalue weighted by Crippen LogP contribution is -2.14. The van der Waals surface area contributed by atoms with Gasteiger partial charge in [0.15, 0.2) is 11.0 Å². The number of rotatable bonds is 7. The number of aromatic nitrogens is 3. The highest BCUT2D eigenvalue weighted by atomic mass is 32.2. The van der Waals surface area contributed by atoms with E-state index in [1.54, 1.807) is 41.0 Å². The zero-order valence-corrected chi connectivity index (χ0v) is 17.5. The van der Waals surface area contributed by atoms with E-state index in [2.05, 4.69) is 15.5 Å². The summed E-state index contributed by atoms with van der Waals surface area (Å²) < 4.78 is 20.6. The predicted molar refractivity (Wildman–Crippen MR) is 119 cm³/mol. The molecule has 4 aromatic rings. The molecule has 6 nitrogen and oxygen atoms in total. The lowest BCUT2D eigenvalue weighted by molar-refractivity contribution is -0.113. The molecular weight excluding hydrogens is 415 g/mol. The topological polar surface area (TPSA) is 69.0 Å². The van der Waals surface area contributed by atoms with Crippen molar-refractivity contribution in [1.29, 1.82) is 0 Å². The Balaban J connectivity index is 1.32. The predicted octanol–water partition coefficient (Wildman–Crippen LogP) is 5.14. The first-order chi connectivity index (χ1) is 15.1. The van der Waals surface area contributed by atoms with Gasteiger partial charge in [0.1, 0.15) is 17.3 Å².